The van der Waals surface area contributed by atoms with Gasteiger partial charge in [-0.05, 0) is 42.5 Å². The van der Waals surface area contributed by atoms with E-state index in [0.29, 0.717) is 17.1 Å². The van der Waals surface area contributed by atoms with Crippen LogP contribution < -0.4 is 20.2 Å². The second kappa shape index (κ2) is 8.52. The molecule has 0 fully saturated rings. The summed E-state index contributed by atoms with van der Waals surface area (Å²) in [6.45, 7) is 0. The summed E-state index contributed by atoms with van der Waals surface area (Å²) in [5, 5.41) is 6.64. The Morgan fingerprint density at radius 2 is 1.88 bits per heavy atom. The maximum Gasteiger partial charge on any atom is 0.416 e. The van der Waals surface area contributed by atoms with Gasteiger partial charge in [-0.25, -0.2) is 0 Å². The van der Waals surface area contributed by atoms with Crippen LogP contribution in [0.1, 0.15) is 11.1 Å². The molecular formula is C17H16F3N3O2S. The van der Waals surface area contributed by atoms with E-state index >= 15 is 0 Å². The van der Waals surface area contributed by atoms with Crippen molar-refractivity contribution < 1.29 is 22.6 Å². The summed E-state index contributed by atoms with van der Waals surface area (Å²) in [6.07, 6.45) is -2.95. The van der Waals surface area contributed by atoms with Crippen molar-refractivity contribution >= 4 is 29.2 Å². The Labute approximate surface area is 153 Å². The van der Waals surface area contributed by atoms with Crippen molar-refractivity contribution in [3.63, 3.8) is 0 Å². The van der Waals surface area contributed by atoms with E-state index in [-0.39, 0.29) is 10.8 Å². The van der Waals surface area contributed by atoms with Gasteiger partial charge in [0.25, 0.3) is 0 Å². The molecule has 2 N–H and O–H groups in total. The number of rotatable bonds is 5. The van der Waals surface area contributed by atoms with E-state index in [9.17, 15) is 13.2 Å². The molecule has 0 amide bonds. The Balaban J connectivity index is 2.00. The van der Waals surface area contributed by atoms with Crippen LogP contribution in [-0.4, -0.2) is 25.5 Å². The van der Waals surface area contributed by atoms with Crippen LogP contribution in [0.15, 0.2) is 47.6 Å². The molecule has 2 rings (SSSR count). The molecule has 0 saturated heterocycles. The molecule has 0 aliphatic carbocycles. The number of thiocarbonyl (C=S) groups is 1. The molecular weight excluding hydrogens is 367 g/mol. The number of nitrogens with one attached hydrogen (secondary N) is 2. The van der Waals surface area contributed by atoms with Crippen LogP contribution >= 0.6 is 12.2 Å². The van der Waals surface area contributed by atoms with Crippen molar-refractivity contribution in [2.24, 2.45) is 5.10 Å². The highest BCUT2D eigenvalue weighted by atomic mass is 32.1. The van der Waals surface area contributed by atoms with Gasteiger partial charge in [0.05, 0.1) is 26.0 Å². The van der Waals surface area contributed by atoms with Crippen LogP contribution in [0.2, 0.25) is 0 Å². The molecule has 26 heavy (non-hydrogen) atoms. The Morgan fingerprint density at radius 3 is 2.54 bits per heavy atom. The van der Waals surface area contributed by atoms with Crippen LogP contribution in [0.5, 0.6) is 11.5 Å². The van der Waals surface area contributed by atoms with E-state index in [1.165, 1.54) is 25.5 Å². The van der Waals surface area contributed by atoms with E-state index in [4.69, 9.17) is 21.7 Å². The highest BCUT2D eigenvalue weighted by Gasteiger charge is 2.30. The van der Waals surface area contributed by atoms with Crippen molar-refractivity contribution in [1.82, 2.24) is 5.43 Å². The van der Waals surface area contributed by atoms with E-state index in [1.807, 2.05) is 0 Å². The normalized spacial score (nSPS) is 11.3. The van der Waals surface area contributed by atoms with Gasteiger partial charge in [-0.15, -0.1) is 0 Å². The summed E-state index contributed by atoms with van der Waals surface area (Å²) < 4.78 is 48.4. The minimum atomic E-state index is -4.42. The topological polar surface area (TPSA) is 54.9 Å². The van der Waals surface area contributed by atoms with Crippen molar-refractivity contribution in [3.05, 3.63) is 53.6 Å². The fraction of sp³-hybridized carbons (Fsp3) is 0.176. The highest BCUT2D eigenvalue weighted by Crippen LogP contribution is 2.30. The zero-order valence-electron chi connectivity index (χ0n) is 13.9. The lowest BCUT2D eigenvalue weighted by atomic mass is 10.2. The predicted molar refractivity (Wildman–Crippen MR) is 97.9 cm³/mol. The second-order valence-corrected chi connectivity index (χ2v) is 5.42. The number of methoxy groups -OCH3 is 2. The first kappa shape index (κ1) is 19.5. The smallest absolute Gasteiger partial charge is 0.416 e. The molecule has 2 aromatic carbocycles. The summed E-state index contributed by atoms with van der Waals surface area (Å²) in [7, 11) is 3.06. The van der Waals surface area contributed by atoms with E-state index < -0.39 is 11.7 Å². The number of halogens is 3. The Bertz CT molecular complexity index is 810. The van der Waals surface area contributed by atoms with Crippen LogP contribution in [0.4, 0.5) is 18.9 Å². The summed E-state index contributed by atoms with van der Waals surface area (Å²) in [5.74, 6) is 1.18. The SMILES string of the molecule is COc1ccc(/C=N/NC(=S)Nc2cccc(C(F)(F)F)c2)c(OC)c1. The van der Waals surface area contributed by atoms with Gasteiger partial charge in [0, 0.05) is 17.3 Å². The minimum absolute atomic E-state index is 0.0491. The quantitative estimate of drug-likeness (QED) is 0.464. The molecule has 0 bridgehead atoms. The lowest BCUT2D eigenvalue weighted by molar-refractivity contribution is -0.137. The average Bonchev–Trinajstić information content (AvgIpc) is 2.61. The lowest BCUT2D eigenvalue weighted by Crippen LogP contribution is -2.24. The Kier molecular flexibility index (Phi) is 6.40. The van der Waals surface area contributed by atoms with Crippen LogP contribution in [0.3, 0.4) is 0 Å². The highest BCUT2D eigenvalue weighted by molar-refractivity contribution is 7.80. The number of benzene rings is 2. The number of nitrogens with zero attached hydrogens (tertiary/aromatic N) is 1. The van der Waals surface area contributed by atoms with Gasteiger partial charge in [-0.1, -0.05) is 6.07 Å². The molecule has 5 nitrogen and oxygen atoms in total. The number of hydrazone groups is 1. The Hall–Kier alpha value is -2.81. The summed E-state index contributed by atoms with van der Waals surface area (Å²) >= 11 is 5.02. The van der Waals surface area contributed by atoms with Gasteiger partial charge >= 0.3 is 6.18 Å². The van der Waals surface area contributed by atoms with Gasteiger partial charge in [-0.2, -0.15) is 18.3 Å². The van der Waals surface area contributed by atoms with E-state index in [0.717, 1.165) is 12.1 Å². The van der Waals surface area contributed by atoms with Crippen LogP contribution in [0, 0.1) is 0 Å². The number of hydrogen-bond donors (Lipinski definition) is 2. The third-order valence-corrected chi connectivity index (χ3v) is 3.45. The zero-order chi connectivity index (χ0) is 19.2. The molecule has 0 atom stereocenters. The number of hydrogen-bond acceptors (Lipinski definition) is 4. The van der Waals surface area contributed by atoms with Gasteiger partial charge in [0.1, 0.15) is 11.5 Å². The first-order chi connectivity index (χ1) is 12.3. The molecule has 0 saturated carbocycles. The van der Waals surface area contributed by atoms with Crippen molar-refractivity contribution in [2.75, 3.05) is 19.5 Å². The second-order valence-electron chi connectivity index (χ2n) is 5.01. The maximum absolute atomic E-state index is 12.7. The maximum atomic E-state index is 12.7. The standard InChI is InChI=1S/C17H16F3N3O2S/c1-24-14-7-6-11(15(9-14)25-2)10-21-23-16(26)22-13-5-3-4-12(8-13)17(18,19)20/h3-10H,1-2H3,(H2,22,23,26)/b21-10+. The molecule has 0 aromatic heterocycles. The summed E-state index contributed by atoms with van der Waals surface area (Å²) in [5.41, 5.74) is 2.65. The van der Waals surface area contributed by atoms with Gasteiger partial charge in [0.2, 0.25) is 0 Å². The van der Waals surface area contributed by atoms with Gasteiger partial charge < -0.3 is 14.8 Å². The monoisotopic (exact) mass is 383 g/mol. The molecule has 138 valence electrons. The lowest BCUT2D eigenvalue weighted by Gasteiger charge is -2.11. The van der Waals surface area contributed by atoms with Gasteiger partial charge in [-0.3, -0.25) is 5.43 Å². The van der Waals surface area contributed by atoms with Crippen LogP contribution in [0.25, 0.3) is 0 Å². The molecule has 2 aromatic rings. The van der Waals surface area contributed by atoms with Crippen LogP contribution in [-0.2, 0) is 6.18 Å². The fourth-order valence-corrected chi connectivity index (χ4v) is 2.19. The largest absolute Gasteiger partial charge is 0.497 e. The molecule has 0 aliphatic rings. The predicted octanol–water partition coefficient (Wildman–Crippen LogP) is 4.04. The Morgan fingerprint density at radius 1 is 1.12 bits per heavy atom. The molecule has 0 heterocycles. The zero-order valence-corrected chi connectivity index (χ0v) is 14.7. The molecule has 0 spiro atoms. The van der Waals surface area contributed by atoms with Crippen molar-refractivity contribution in [2.45, 2.75) is 6.18 Å². The molecule has 0 aliphatic heterocycles. The van der Waals surface area contributed by atoms with Crippen molar-refractivity contribution in [3.8, 4) is 11.5 Å². The third kappa shape index (κ3) is 5.35. The number of alkyl halides is 3. The summed E-state index contributed by atoms with van der Waals surface area (Å²) in [4.78, 5) is 0. The molecule has 0 unspecified atom stereocenters. The van der Waals surface area contributed by atoms with E-state index in [2.05, 4.69) is 15.8 Å². The fourth-order valence-electron chi connectivity index (χ4n) is 2.02. The van der Waals surface area contributed by atoms with Gasteiger partial charge in [0.15, 0.2) is 5.11 Å². The molecule has 0 radical (unpaired) electrons. The third-order valence-electron chi connectivity index (χ3n) is 3.26. The minimum Gasteiger partial charge on any atom is -0.497 e. The number of anilines is 1. The van der Waals surface area contributed by atoms with Crippen molar-refractivity contribution in [1.29, 1.82) is 0 Å². The molecule has 9 heteroatoms. The average molecular weight is 383 g/mol. The first-order valence-corrected chi connectivity index (χ1v) is 7.73. The van der Waals surface area contributed by atoms with E-state index in [1.54, 1.807) is 25.3 Å². The number of ether oxygens (including phenoxy) is 2. The summed E-state index contributed by atoms with van der Waals surface area (Å²) in [6, 6.07) is 9.88. The first-order valence-electron chi connectivity index (χ1n) is 7.33.